The summed E-state index contributed by atoms with van der Waals surface area (Å²) >= 11 is 1.48. The van der Waals surface area contributed by atoms with Crippen molar-refractivity contribution in [3.63, 3.8) is 0 Å². The van der Waals surface area contributed by atoms with Gasteiger partial charge in [0, 0.05) is 11.3 Å². The maximum Gasteiger partial charge on any atom is 0.180 e. The first-order chi connectivity index (χ1) is 9.55. The molecule has 1 heterocycles. The van der Waals surface area contributed by atoms with E-state index in [0.29, 0.717) is 28.6 Å². The summed E-state index contributed by atoms with van der Waals surface area (Å²) in [6.45, 7) is 4.16. The standard InChI is InChI=1S/C15H14N4S/c1-9(2)14-13(20-15(18)19-14)6-10-3-4-11(7-16)12(5-10)8-17/h3-5,9H,6H2,1-2H3,(H2,18,19). The zero-order valence-electron chi connectivity index (χ0n) is 11.3. The smallest absolute Gasteiger partial charge is 0.180 e. The Kier molecular flexibility index (Phi) is 4.02. The van der Waals surface area contributed by atoms with E-state index >= 15 is 0 Å². The highest BCUT2D eigenvalue weighted by molar-refractivity contribution is 7.15. The number of nitriles is 2. The van der Waals surface area contributed by atoms with Crippen LogP contribution >= 0.6 is 11.3 Å². The third-order valence-corrected chi connectivity index (χ3v) is 3.88. The molecule has 0 aliphatic rings. The zero-order chi connectivity index (χ0) is 14.7. The molecule has 0 aliphatic carbocycles. The van der Waals surface area contributed by atoms with Gasteiger partial charge in [-0.15, -0.1) is 11.3 Å². The summed E-state index contributed by atoms with van der Waals surface area (Å²) in [6.07, 6.45) is 0.683. The molecule has 0 saturated heterocycles. The Morgan fingerprint density at radius 2 is 1.95 bits per heavy atom. The van der Waals surface area contributed by atoms with Gasteiger partial charge in [0.1, 0.15) is 12.1 Å². The molecular formula is C15H14N4S. The Morgan fingerprint density at radius 3 is 2.55 bits per heavy atom. The Bertz CT molecular complexity index is 716. The number of thiazole rings is 1. The van der Waals surface area contributed by atoms with E-state index in [1.165, 1.54) is 11.3 Å². The van der Waals surface area contributed by atoms with E-state index in [-0.39, 0.29) is 0 Å². The molecule has 4 nitrogen and oxygen atoms in total. The van der Waals surface area contributed by atoms with Crippen molar-refractivity contribution >= 4 is 16.5 Å². The number of hydrogen-bond donors (Lipinski definition) is 1. The first-order valence-electron chi connectivity index (χ1n) is 6.23. The molecule has 1 aromatic heterocycles. The lowest BCUT2D eigenvalue weighted by Gasteiger charge is -2.06. The molecule has 2 aromatic rings. The second-order valence-corrected chi connectivity index (χ2v) is 5.91. The number of hydrogen-bond acceptors (Lipinski definition) is 5. The van der Waals surface area contributed by atoms with Gasteiger partial charge in [0.2, 0.25) is 0 Å². The summed E-state index contributed by atoms with van der Waals surface area (Å²) in [6, 6.07) is 9.40. The molecular weight excluding hydrogens is 268 g/mol. The molecule has 0 atom stereocenters. The van der Waals surface area contributed by atoms with Gasteiger partial charge < -0.3 is 5.73 Å². The summed E-state index contributed by atoms with van der Waals surface area (Å²) in [5.41, 5.74) is 8.60. The van der Waals surface area contributed by atoms with Gasteiger partial charge in [-0.05, 0) is 23.6 Å². The summed E-state index contributed by atoms with van der Waals surface area (Å²) < 4.78 is 0. The van der Waals surface area contributed by atoms with Crippen molar-refractivity contribution in [2.75, 3.05) is 5.73 Å². The van der Waals surface area contributed by atoms with Crippen molar-refractivity contribution in [2.45, 2.75) is 26.2 Å². The zero-order valence-corrected chi connectivity index (χ0v) is 12.2. The van der Waals surface area contributed by atoms with Crippen LogP contribution < -0.4 is 5.73 Å². The first-order valence-corrected chi connectivity index (χ1v) is 7.05. The van der Waals surface area contributed by atoms with Crippen LogP contribution in [-0.4, -0.2) is 4.98 Å². The van der Waals surface area contributed by atoms with Gasteiger partial charge in [0.15, 0.2) is 5.13 Å². The normalized spacial score (nSPS) is 10.2. The van der Waals surface area contributed by atoms with Crippen molar-refractivity contribution in [1.29, 1.82) is 10.5 Å². The van der Waals surface area contributed by atoms with Gasteiger partial charge in [-0.3, -0.25) is 0 Å². The van der Waals surface area contributed by atoms with Gasteiger partial charge >= 0.3 is 0 Å². The minimum Gasteiger partial charge on any atom is -0.375 e. The van der Waals surface area contributed by atoms with Gasteiger partial charge in [-0.1, -0.05) is 19.9 Å². The lowest BCUT2D eigenvalue weighted by atomic mass is 10.0. The second-order valence-electron chi connectivity index (χ2n) is 4.80. The fourth-order valence-electron chi connectivity index (χ4n) is 2.04. The Morgan fingerprint density at radius 1 is 1.25 bits per heavy atom. The molecule has 0 fully saturated rings. The van der Waals surface area contributed by atoms with Crippen LogP contribution in [0.2, 0.25) is 0 Å². The molecule has 5 heteroatoms. The molecule has 0 unspecified atom stereocenters. The third-order valence-electron chi connectivity index (χ3n) is 2.98. The van der Waals surface area contributed by atoms with Crippen LogP contribution in [0.1, 0.15) is 47.0 Å². The molecule has 2 N–H and O–H groups in total. The van der Waals surface area contributed by atoms with Crippen LogP contribution in [0.3, 0.4) is 0 Å². The number of nitrogen functional groups attached to an aromatic ring is 1. The third kappa shape index (κ3) is 2.79. The van der Waals surface area contributed by atoms with E-state index in [1.54, 1.807) is 12.1 Å². The van der Waals surface area contributed by atoms with E-state index in [2.05, 4.69) is 24.9 Å². The van der Waals surface area contributed by atoms with E-state index in [9.17, 15) is 0 Å². The number of anilines is 1. The molecule has 0 bridgehead atoms. The molecule has 20 heavy (non-hydrogen) atoms. The SMILES string of the molecule is CC(C)c1nc(N)sc1Cc1ccc(C#N)c(C#N)c1. The van der Waals surface area contributed by atoms with Crippen molar-refractivity contribution in [2.24, 2.45) is 0 Å². The minimum atomic E-state index is 0.312. The Balaban J connectivity index is 2.36. The number of nitrogens with zero attached hydrogens (tertiary/aromatic N) is 3. The average molecular weight is 282 g/mol. The lowest BCUT2D eigenvalue weighted by Crippen LogP contribution is -1.96. The number of nitrogens with two attached hydrogens (primary N) is 1. The van der Waals surface area contributed by atoms with Crippen LogP contribution in [0.15, 0.2) is 18.2 Å². The molecule has 0 aliphatic heterocycles. The summed E-state index contributed by atoms with van der Waals surface area (Å²) in [7, 11) is 0. The van der Waals surface area contributed by atoms with Crippen LogP contribution in [-0.2, 0) is 6.42 Å². The fraction of sp³-hybridized carbons (Fsp3) is 0.267. The summed E-state index contributed by atoms with van der Waals surface area (Å²) in [5.74, 6) is 0.312. The molecule has 0 radical (unpaired) electrons. The van der Waals surface area contributed by atoms with Gasteiger partial charge in [0.25, 0.3) is 0 Å². The van der Waals surface area contributed by atoms with E-state index < -0.39 is 0 Å². The molecule has 0 saturated carbocycles. The van der Waals surface area contributed by atoms with Crippen LogP contribution in [0, 0.1) is 22.7 Å². The lowest BCUT2D eigenvalue weighted by molar-refractivity contribution is 0.820. The fourth-order valence-corrected chi connectivity index (χ4v) is 3.06. The van der Waals surface area contributed by atoms with Gasteiger partial charge in [-0.25, -0.2) is 4.98 Å². The van der Waals surface area contributed by atoms with Crippen molar-refractivity contribution in [3.8, 4) is 12.1 Å². The average Bonchev–Trinajstić information content (AvgIpc) is 2.79. The number of rotatable bonds is 3. The molecule has 1 aromatic carbocycles. The first kappa shape index (κ1) is 14.0. The quantitative estimate of drug-likeness (QED) is 0.936. The monoisotopic (exact) mass is 282 g/mol. The molecule has 2 rings (SSSR count). The van der Waals surface area contributed by atoms with Gasteiger partial charge in [0.05, 0.1) is 16.8 Å². The predicted molar refractivity (Wildman–Crippen MR) is 79.3 cm³/mol. The molecule has 0 spiro atoms. The van der Waals surface area contributed by atoms with E-state index in [1.807, 2.05) is 12.1 Å². The maximum absolute atomic E-state index is 9.06. The summed E-state index contributed by atoms with van der Waals surface area (Å²) in [5, 5.41) is 18.5. The topological polar surface area (TPSA) is 86.5 Å². The van der Waals surface area contributed by atoms with Crippen molar-refractivity contribution in [1.82, 2.24) is 4.98 Å². The van der Waals surface area contributed by atoms with E-state index in [4.69, 9.17) is 16.3 Å². The van der Waals surface area contributed by atoms with Crippen LogP contribution in [0.5, 0.6) is 0 Å². The summed E-state index contributed by atoms with van der Waals surface area (Å²) in [4.78, 5) is 5.48. The highest BCUT2D eigenvalue weighted by Gasteiger charge is 2.14. The maximum atomic E-state index is 9.06. The predicted octanol–water partition coefficient (Wildman–Crippen LogP) is 3.18. The second kappa shape index (κ2) is 5.73. The van der Waals surface area contributed by atoms with Crippen LogP contribution in [0.4, 0.5) is 5.13 Å². The highest BCUT2D eigenvalue weighted by Crippen LogP contribution is 2.29. The van der Waals surface area contributed by atoms with Crippen molar-refractivity contribution < 1.29 is 0 Å². The largest absolute Gasteiger partial charge is 0.375 e. The number of benzene rings is 1. The van der Waals surface area contributed by atoms with Crippen LogP contribution in [0.25, 0.3) is 0 Å². The Hall–Kier alpha value is -2.37. The minimum absolute atomic E-state index is 0.312. The molecule has 0 amide bonds. The molecule has 100 valence electrons. The van der Waals surface area contributed by atoms with Gasteiger partial charge in [-0.2, -0.15) is 10.5 Å². The van der Waals surface area contributed by atoms with Crippen molar-refractivity contribution in [3.05, 3.63) is 45.5 Å². The number of aromatic nitrogens is 1. The Labute approximate surface area is 122 Å². The van der Waals surface area contributed by atoms with E-state index in [0.717, 1.165) is 16.1 Å². The highest BCUT2D eigenvalue weighted by atomic mass is 32.1.